The molecule has 11 heteroatoms. The molecule has 0 aromatic heterocycles. The number of anilines is 1. The first-order chi connectivity index (χ1) is 13.8. The van der Waals surface area contributed by atoms with E-state index >= 15 is 0 Å². The van der Waals surface area contributed by atoms with Crippen LogP contribution in [0.4, 0.5) is 11.4 Å². The molecule has 1 saturated heterocycles. The average Bonchev–Trinajstić information content (AvgIpc) is 3.24. The van der Waals surface area contributed by atoms with Crippen LogP contribution in [-0.2, 0) is 10.0 Å². The predicted molar refractivity (Wildman–Crippen MR) is 107 cm³/mol. The molecular weight excluding hydrogens is 400 g/mol. The number of hydrogen-bond donors (Lipinski definition) is 2. The van der Waals surface area contributed by atoms with Gasteiger partial charge in [-0.05, 0) is 48.7 Å². The van der Waals surface area contributed by atoms with Crippen LogP contribution in [0.5, 0.6) is 11.5 Å². The summed E-state index contributed by atoms with van der Waals surface area (Å²) in [5.74, 6) is 0.236. The summed E-state index contributed by atoms with van der Waals surface area (Å²) < 4.78 is 31.5. The van der Waals surface area contributed by atoms with Crippen LogP contribution in [-0.4, -0.2) is 49.2 Å². The van der Waals surface area contributed by atoms with Crippen LogP contribution < -0.4 is 10.2 Å². The van der Waals surface area contributed by atoms with Crippen molar-refractivity contribution in [1.82, 2.24) is 4.31 Å². The molecule has 1 aliphatic rings. The highest BCUT2D eigenvalue weighted by Crippen LogP contribution is 2.30. The summed E-state index contributed by atoms with van der Waals surface area (Å²) in [6.45, 7) is 0.824. The number of nitrogens with one attached hydrogen (secondary N) is 1. The van der Waals surface area contributed by atoms with Crippen molar-refractivity contribution < 1.29 is 23.2 Å². The maximum atomic E-state index is 12.6. The van der Waals surface area contributed by atoms with Gasteiger partial charge in [0, 0.05) is 19.2 Å². The van der Waals surface area contributed by atoms with E-state index in [0.29, 0.717) is 24.4 Å². The fourth-order valence-corrected chi connectivity index (χ4v) is 4.50. The topological polar surface area (TPSA) is 134 Å². The Kier molecular flexibility index (Phi) is 5.99. The molecule has 1 heterocycles. The molecule has 29 heavy (non-hydrogen) atoms. The smallest absolute Gasteiger partial charge is 0.295 e. The number of methoxy groups -OCH3 is 1. The number of phenols is 1. The van der Waals surface area contributed by atoms with Gasteiger partial charge in [-0.1, -0.05) is 0 Å². The van der Waals surface area contributed by atoms with Crippen molar-refractivity contribution >= 4 is 27.6 Å². The summed E-state index contributed by atoms with van der Waals surface area (Å²) in [6.07, 6.45) is 2.91. The minimum atomic E-state index is -3.76. The van der Waals surface area contributed by atoms with Gasteiger partial charge >= 0.3 is 0 Å². The van der Waals surface area contributed by atoms with E-state index in [2.05, 4.69) is 10.5 Å². The maximum Gasteiger partial charge on any atom is 0.295 e. The molecule has 2 N–H and O–H groups in total. The predicted octanol–water partition coefficient (Wildman–Crippen LogP) is 2.54. The third kappa shape index (κ3) is 4.46. The lowest BCUT2D eigenvalue weighted by molar-refractivity contribution is -0.384. The normalized spacial score (nSPS) is 14.9. The van der Waals surface area contributed by atoms with Crippen molar-refractivity contribution in [2.24, 2.45) is 5.10 Å². The lowest BCUT2D eigenvalue weighted by Gasteiger charge is -2.15. The van der Waals surface area contributed by atoms with Gasteiger partial charge < -0.3 is 9.84 Å². The molecule has 0 radical (unpaired) electrons. The number of aromatic hydroxyl groups is 1. The average molecular weight is 420 g/mol. The summed E-state index contributed by atoms with van der Waals surface area (Å²) >= 11 is 0. The van der Waals surface area contributed by atoms with E-state index in [9.17, 15) is 23.6 Å². The molecule has 0 bridgehead atoms. The van der Waals surface area contributed by atoms with E-state index in [1.807, 2.05) is 0 Å². The largest absolute Gasteiger partial charge is 0.504 e. The van der Waals surface area contributed by atoms with Gasteiger partial charge in [-0.25, -0.2) is 8.42 Å². The number of nitro groups is 1. The van der Waals surface area contributed by atoms with E-state index in [0.717, 1.165) is 18.9 Å². The second-order valence-corrected chi connectivity index (χ2v) is 8.29. The monoisotopic (exact) mass is 420 g/mol. The first-order valence-corrected chi connectivity index (χ1v) is 10.2. The van der Waals surface area contributed by atoms with Gasteiger partial charge in [-0.2, -0.15) is 9.41 Å². The van der Waals surface area contributed by atoms with Crippen molar-refractivity contribution in [2.75, 3.05) is 25.6 Å². The van der Waals surface area contributed by atoms with Gasteiger partial charge in [0.15, 0.2) is 11.5 Å². The molecule has 2 aromatic rings. The molecule has 2 aromatic carbocycles. The Hall–Kier alpha value is -3.18. The van der Waals surface area contributed by atoms with Crippen molar-refractivity contribution in [2.45, 2.75) is 17.7 Å². The van der Waals surface area contributed by atoms with E-state index in [4.69, 9.17) is 4.74 Å². The van der Waals surface area contributed by atoms with Crippen molar-refractivity contribution in [3.63, 3.8) is 0 Å². The summed E-state index contributed by atoms with van der Waals surface area (Å²) in [5.41, 5.74) is 2.72. The molecule has 0 amide bonds. The maximum absolute atomic E-state index is 12.6. The number of phenolic OH excluding ortho intramolecular Hbond substituents is 1. The molecular formula is C18H20N4O6S. The Morgan fingerprint density at radius 1 is 1.24 bits per heavy atom. The lowest BCUT2D eigenvalue weighted by Crippen LogP contribution is -2.27. The number of rotatable bonds is 7. The molecule has 1 aliphatic heterocycles. The lowest BCUT2D eigenvalue weighted by atomic mass is 10.2. The number of ether oxygens (including phenoxy) is 1. The number of nitro benzene ring substituents is 1. The van der Waals surface area contributed by atoms with Crippen LogP contribution in [0.3, 0.4) is 0 Å². The van der Waals surface area contributed by atoms with Crippen LogP contribution in [0.15, 0.2) is 46.4 Å². The summed E-state index contributed by atoms with van der Waals surface area (Å²) in [5, 5.41) is 25.1. The number of nitrogens with zero attached hydrogens (tertiary/aromatic N) is 3. The highest BCUT2D eigenvalue weighted by Gasteiger charge is 2.29. The first kappa shape index (κ1) is 20.6. The number of sulfonamides is 1. The summed E-state index contributed by atoms with van der Waals surface area (Å²) in [4.78, 5) is 10.6. The SMILES string of the molecule is COc1ccc(C=NNc2ccc(S(=O)(=O)N3CCCC3)cc2[N+](=O)[O-])cc1O. The zero-order valence-electron chi connectivity index (χ0n) is 15.6. The fourth-order valence-electron chi connectivity index (χ4n) is 2.96. The highest BCUT2D eigenvalue weighted by molar-refractivity contribution is 7.89. The first-order valence-electron chi connectivity index (χ1n) is 8.77. The standard InChI is InChI=1S/C18H20N4O6S/c1-28-18-7-4-13(10-17(18)23)12-19-20-15-6-5-14(11-16(15)22(24)25)29(26,27)21-8-2-3-9-21/h4-7,10-12,20,23H,2-3,8-9H2,1H3. The number of hydrogen-bond acceptors (Lipinski definition) is 8. The molecule has 0 spiro atoms. The molecule has 1 fully saturated rings. The third-order valence-corrected chi connectivity index (χ3v) is 6.36. The quantitative estimate of drug-likeness (QED) is 0.399. The third-order valence-electron chi connectivity index (χ3n) is 4.47. The highest BCUT2D eigenvalue weighted by atomic mass is 32.2. The fraction of sp³-hybridized carbons (Fsp3) is 0.278. The van der Waals surface area contributed by atoms with Gasteiger partial charge in [0.05, 0.1) is 23.1 Å². The van der Waals surface area contributed by atoms with Crippen molar-refractivity contribution in [3.8, 4) is 11.5 Å². The van der Waals surface area contributed by atoms with E-state index in [1.54, 1.807) is 12.1 Å². The second-order valence-electron chi connectivity index (χ2n) is 6.35. The molecule has 0 saturated carbocycles. The van der Waals surface area contributed by atoms with E-state index in [1.165, 1.54) is 35.8 Å². The summed E-state index contributed by atoms with van der Waals surface area (Å²) in [6, 6.07) is 8.28. The molecule has 0 atom stereocenters. The Balaban J connectivity index is 1.82. The molecule has 0 aliphatic carbocycles. The van der Waals surface area contributed by atoms with Crippen LogP contribution in [0.1, 0.15) is 18.4 Å². The molecule has 10 nitrogen and oxygen atoms in total. The second kappa shape index (κ2) is 8.45. The van der Waals surface area contributed by atoms with Gasteiger partial charge in [-0.3, -0.25) is 15.5 Å². The van der Waals surface area contributed by atoms with E-state index in [-0.39, 0.29) is 16.3 Å². The summed E-state index contributed by atoms with van der Waals surface area (Å²) in [7, 11) is -2.34. The Bertz CT molecular complexity index is 1050. The van der Waals surface area contributed by atoms with Gasteiger partial charge in [-0.15, -0.1) is 0 Å². The zero-order chi connectivity index (χ0) is 21.0. The molecule has 154 valence electrons. The van der Waals surface area contributed by atoms with Gasteiger partial charge in [0.2, 0.25) is 10.0 Å². The Morgan fingerprint density at radius 3 is 2.59 bits per heavy atom. The van der Waals surface area contributed by atoms with Crippen LogP contribution in [0, 0.1) is 10.1 Å². The van der Waals surface area contributed by atoms with Crippen LogP contribution in [0.25, 0.3) is 0 Å². The number of hydrazone groups is 1. The Morgan fingerprint density at radius 2 is 1.97 bits per heavy atom. The Labute approximate surface area is 167 Å². The minimum absolute atomic E-state index is 0.0457. The van der Waals surface area contributed by atoms with Crippen LogP contribution in [0.2, 0.25) is 0 Å². The minimum Gasteiger partial charge on any atom is -0.504 e. The molecule has 3 rings (SSSR count). The zero-order valence-corrected chi connectivity index (χ0v) is 16.4. The number of benzene rings is 2. The molecule has 0 unspecified atom stereocenters. The van der Waals surface area contributed by atoms with Crippen LogP contribution >= 0.6 is 0 Å². The van der Waals surface area contributed by atoms with Gasteiger partial charge in [0.1, 0.15) is 5.69 Å². The van der Waals surface area contributed by atoms with Crippen molar-refractivity contribution in [1.29, 1.82) is 0 Å². The van der Waals surface area contributed by atoms with E-state index < -0.39 is 20.6 Å². The van der Waals surface area contributed by atoms with Gasteiger partial charge in [0.25, 0.3) is 5.69 Å². The van der Waals surface area contributed by atoms with Crippen molar-refractivity contribution in [3.05, 3.63) is 52.1 Å².